The van der Waals surface area contributed by atoms with Crippen molar-refractivity contribution < 1.29 is 12.9 Å². The molecule has 2 heterocycles. The van der Waals surface area contributed by atoms with Crippen LogP contribution < -0.4 is 0 Å². The van der Waals surface area contributed by atoms with Gasteiger partial charge in [0.25, 0.3) is 0 Å². The van der Waals surface area contributed by atoms with Crippen LogP contribution in [0.1, 0.15) is 23.4 Å². The molecule has 0 saturated carbocycles. The predicted molar refractivity (Wildman–Crippen MR) is 96.1 cm³/mol. The smallest absolute Gasteiger partial charge is 0.243 e. The quantitative estimate of drug-likeness (QED) is 0.812. The minimum absolute atomic E-state index is 0.249. The van der Waals surface area contributed by atoms with E-state index in [1.54, 1.807) is 22.5 Å². The van der Waals surface area contributed by atoms with Crippen LogP contribution in [0.4, 0.5) is 0 Å². The highest BCUT2D eigenvalue weighted by molar-refractivity contribution is 7.89. The molecule has 0 amide bonds. The minimum atomic E-state index is -3.52. The van der Waals surface area contributed by atoms with E-state index >= 15 is 0 Å². The van der Waals surface area contributed by atoms with Crippen molar-refractivity contribution in [3.8, 4) is 0 Å². The summed E-state index contributed by atoms with van der Waals surface area (Å²) in [6, 6.07) is 6.43. The molecule has 2 aromatic rings. The Bertz CT molecular complexity index is 831. The van der Waals surface area contributed by atoms with Crippen LogP contribution in [-0.2, 0) is 16.6 Å². The zero-order valence-electron chi connectivity index (χ0n) is 14.4. The largest absolute Gasteiger partial charge is 0.361 e. The van der Waals surface area contributed by atoms with Crippen LogP contribution in [0, 0.1) is 13.8 Å². The minimum Gasteiger partial charge on any atom is -0.361 e. The Morgan fingerprint density at radius 2 is 2.00 bits per heavy atom. The number of nitrogens with zero attached hydrogens (tertiary/aromatic N) is 3. The van der Waals surface area contributed by atoms with Crippen LogP contribution in [0.5, 0.6) is 0 Å². The van der Waals surface area contributed by atoms with Gasteiger partial charge in [-0.15, -0.1) is 0 Å². The summed E-state index contributed by atoms with van der Waals surface area (Å²) in [4.78, 5) is 2.50. The van der Waals surface area contributed by atoms with E-state index in [0.29, 0.717) is 24.7 Å². The van der Waals surface area contributed by atoms with Gasteiger partial charge in [-0.1, -0.05) is 22.8 Å². The van der Waals surface area contributed by atoms with Crippen LogP contribution in [0.25, 0.3) is 0 Å². The van der Waals surface area contributed by atoms with Gasteiger partial charge < -0.3 is 4.52 Å². The summed E-state index contributed by atoms with van der Waals surface area (Å²) < 4.78 is 32.5. The zero-order chi connectivity index (χ0) is 18.0. The van der Waals surface area contributed by atoms with E-state index < -0.39 is 10.0 Å². The highest BCUT2D eigenvalue weighted by Gasteiger charge is 2.27. The summed E-state index contributed by atoms with van der Waals surface area (Å²) in [5.74, 6) is 0.824. The van der Waals surface area contributed by atoms with E-state index in [1.807, 2.05) is 13.8 Å². The average molecular weight is 384 g/mol. The number of aromatic nitrogens is 1. The lowest BCUT2D eigenvalue weighted by Crippen LogP contribution is -2.35. The summed E-state index contributed by atoms with van der Waals surface area (Å²) >= 11 is 5.95. The monoisotopic (exact) mass is 383 g/mol. The van der Waals surface area contributed by atoms with Gasteiger partial charge in [0.15, 0.2) is 0 Å². The second-order valence-corrected chi connectivity index (χ2v) is 8.67. The molecule has 1 aromatic carbocycles. The maximum absolute atomic E-state index is 12.8. The zero-order valence-corrected chi connectivity index (χ0v) is 16.0. The standard InChI is InChI=1S/C17H22ClN3O3S/c1-13-17(14(2)24-19-13)12-20-7-4-8-21(10-9-20)25(22,23)16-6-3-5-15(18)11-16/h3,5-6,11H,4,7-10,12H2,1-2H3. The van der Waals surface area contributed by atoms with E-state index in [9.17, 15) is 8.42 Å². The normalized spacial score (nSPS) is 17.6. The van der Waals surface area contributed by atoms with Gasteiger partial charge in [0.2, 0.25) is 10.0 Å². The average Bonchev–Trinajstić information content (AvgIpc) is 2.78. The number of hydrogen-bond donors (Lipinski definition) is 0. The van der Waals surface area contributed by atoms with Crippen molar-refractivity contribution in [3.05, 3.63) is 46.3 Å². The Kier molecular flexibility index (Phi) is 5.48. The molecule has 8 heteroatoms. The highest BCUT2D eigenvalue weighted by atomic mass is 35.5. The van der Waals surface area contributed by atoms with Crippen molar-refractivity contribution in [3.63, 3.8) is 0 Å². The van der Waals surface area contributed by atoms with Crippen LogP contribution in [0.2, 0.25) is 5.02 Å². The van der Waals surface area contributed by atoms with Gasteiger partial charge in [-0.2, -0.15) is 4.31 Å². The van der Waals surface area contributed by atoms with Crippen LogP contribution in [-0.4, -0.2) is 49.0 Å². The molecule has 1 fully saturated rings. The second-order valence-electron chi connectivity index (χ2n) is 6.29. The molecule has 0 unspecified atom stereocenters. The van der Waals surface area contributed by atoms with E-state index in [1.165, 1.54) is 6.07 Å². The molecule has 136 valence electrons. The van der Waals surface area contributed by atoms with Gasteiger partial charge in [0.05, 0.1) is 10.6 Å². The lowest BCUT2D eigenvalue weighted by Gasteiger charge is -2.21. The molecule has 0 N–H and O–H groups in total. The third kappa shape index (κ3) is 4.06. The number of rotatable bonds is 4. The first-order chi connectivity index (χ1) is 11.9. The SMILES string of the molecule is Cc1noc(C)c1CN1CCCN(S(=O)(=O)c2cccc(Cl)c2)CC1. The number of hydrogen-bond acceptors (Lipinski definition) is 5. The van der Waals surface area contributed by atoms with Crippen molar-refractivity contribution >= 4 is 21.6 Å². The van der Waals surface area contributed by atoms with Crippen molar-refractivity contribution in [1.82, 2.24) is 14.4 Å². The van der Waals surface area contributed by atoms with Gasteiger partial charge in [-0.05, 0) is 45.0 Å². The van der Waals surface area contributed by atoms with Crippen LogP contribution in [0.15, 0.2) is 33.7 Å². The maximum atomic E-state index is 12.8. The molecule has 1 aliphatic rings. The maximum Gasteiger partial charge on any atom is 0.243 e. The van der Waals surface area contributed by atoms with Crippen molar-refractivity contribution in [1.29, 1.82) is 0 Å². The predicted octanol–water partition coefficient (Wildman–Crippen LogP) is 2.84. The van der Waals surface area contributed by atoms with Gasteiger partial charge >= 0.3 is 0 Å². The van der Waals surface area contributed by atoms with Gasteiger partial charge in [-0.3, -0.25) is 4.90 Å². The first-order valence-electron chi connectivity index (χ1n) is 8.28. The van der Waals surface area contributed by atoms with Gasteiger partial charge in [0.1, 0.15) is 5.76 Å². The van der Waals surface area contributed by atoms with E-state index in [0.717, 1.165) is 36.5 Å². The Balaban J connectivity index is 1.71. The third-order valence-electron chi connectivity index (χ3n) is 4.54. The van der Waals surface area contributed by atoms with E-state index in [-0.39, 0.29) is 4.90 Å². The second kappa shape index (κ2) is 7.45. The summed E-state index contributed by atoms with van der Waals surface area (Å²) in [5, 5.41) is 4.41. The molecule has 6 nitrogen and oxygen atoms in total. The van der Waals surface area contributed by atoms with E-state index in [4.69, 9.17) is 16.1 Å². The number of sulfonamides is 1. The van der Waals surface area contributed by atoms with Crippen molar-refractivity contribution in [2.75, 3.05) is 26.2 Å². The molecular weight excluding hydrogens is 362 g/mol. The summed E-state index contributed by atoms with van der Waals surface area (Å²) in [6.07, 6.45) is 0.781. The molecule has 0 aliphatic carbocycles. The fourth-order valence-electron chi connectivity index (χ4n) is 3.07. The lowest BCUT2D eigenvalue weighted by molar-refractivity contribution is 0.276. The number of halogens is 1. The first-order valence-corrected chi connectivity index (χ1v) is 10.1. The molecule has 0 bridgehead atoms. The van der Waals surface area contributed by atoms with Gasteiger partial charge in [0, 0.05) is 36.8 Å². The Morgan fingerprint density at radius 1 is 1.20 bits per heavy atom. The summed E-state index contributed by atoms with van der Waals surface area (Å²) in [5.41, 5.74) is 1.98. The first kappa shape index (κ1) is 18.4. The fraction of sp³-hybridized carbons (Fsp3) is 0.471. The lowest BCUT2D eigenvalue weighted by atomic mass is 10.2. The van der Waals surface area contributed by atoms with E-state index in [2.05, 4.69) is 10.1 Å². The third-order valence-corrected chi connectivity index (χ3v) is 6.67. The molecule has 1 saturated heterocycles. The van der Waals surface area contributed by atoms with Crippen molar-refractivity contribution in [2.45, 2.75) is 31.7 Å². The molecule has 0 radical (unpaired) electrons. The summed E-state index contributed by atoms with van der Waals surface area (Å²) in [6.45, 7) is 7.04. The summed E-state index contributed by atoms with van der Waals surface area (Å²) in [7, 11) is -3.52. The molecular formula is C17H22ClN3O3S. The molecule has 1 aliphatic heterocycles. The highest BCUT2D eigenvalue weighted by Crippen LogP contribution is 2.22. The van der Waals surface area contributed by atoms with Crippen molar-refractivity contribution in [2.24, 2.45) is 0 Å². The topological polar surface area (TPSA) is 66.7 Å². The molecule has 0 atom stereocenters. The fourth-order valence-corrected chi connectivity index (χ4v) is 4.84. The molecule has 25 heavy (non-hydrogen) atoms. The van der Waals surface area contributed by atoms with Gasteiger partial charge in [-0.25, -0.2) is 8.42 Å². The number of benzene rings is 1. The molecule has 0 spiro atoms. The number of aryl methyl sites for hydroxylation is 2. The molecule has 3 rings (SSSR count). The Morgan fingerprint density at radius 3 is 2.68 bits per heavy atom. The van der Waals surface area contributed by atoms with Crippen LogP contribution >= 0.6 is 11.6 Å². The molecule has 1 aromatic heterocycles. The Hall–Kier alpha value is -1.41. The van der Waals surface area contributed by atoms with Crippen LogP contribution in [0.3, 0.4) is 0 Å². The Labute approximate surface area is 153 Å².